The van der Waals surface area contributed by atoms with Gasteiger partial charge in [0.1, 0.15) is 23.9 Å². The summed E-state index contributed by atoms with van der Waals surface area (Å²) in [5.41, 5.74) is -0.985. The smallest absolute Gasteiger partial charge is 0.316 e. The van der Waals surface area contributed by atoms with Crippen molar-refractivity contribution in [2.24, 2.45) is 11.3 Å². The molecular formula is C11H14O5. The highest BCUT2D eigenvalue weighted by Gasteiger charge is 2.60. The first-order valence-corrected chi connectivity index (χ1v) is 5.33. The Morgan fingerprint density at radius 1 is 1.50 bits per heavy atom. The summed E-state index contributed by atoms with van der Waals surface area (Å²) < 4.78 is 10.1. The average Bonchev–Trinajstić information content (AvgIpc) is 2.50. The molecule has 0 aromatic heterocycles. The van der Waals surface area contributed by atoms with Crippen LogP contribution in [-0.4, -0.2) is 30.4 Å². The highest BCUT2D eigenvalue weighted by molar-refractivity contribution is 5.93. The molecular weight excluding hydrogens is 212 g/mol. The molecule has 2 fully saturated rings. The number of rotatable bonds is 1. The molecule has 1 saturated heterocycles. The summed E-state index contributed by atoms with van der Waals surface area (Å²) in [6, 6.07) is 0. The zero-order valence-corrected chi connectivity index (χ0v) is 9.32. The molecule has 1 saturated carbocycles. The first kappa shape index (κ1) is 11.1. The van der Waals surface area contributed by atoms with Crippen LogP contribution in [0.3, 0.4) is 0 Å². The van der Waals surface area contributed by atoms with Crippen LogP contribution in [0.15, 0.2) is 0 Å². The predicted molar refractivity (Wildman–Crippen MR) is 52.4 cm³/mol. The summed E-state index contributed by atoms with van der Waals surface area (Å²) in [6.45, 7) is 3.07. The second kappa shape index (κ2) is 3.57. The van der Waals surface area contributed by atoms with Crippen LogP contribution in [0.5, 0.6) is 0 Å². The standard InChI is InChI=1S/C11H14O5/c1-6(12)16-9-4-3-8(13)7-5-15-10(14)11(7,9)2/h7,9H,3-5H2,1-2H3/t7-,9-,11+/m1/s1. The largest absolute Gasteiger partial charge is 0.464 e. The van der Waals surface area contributed by atoms with Gasteiger partial charge in [-0.1, -0.05) is 0 Å². The number of esters is 2. The lowest BCUT2D eigenvalue weighted by atomic mass is 9.66. The maximum absolute atomic E-state index is 11.7. The molecule has 2 aliphatic rings. The fourth-order valence-corrected chi connectivity index (χ4v) is 2.54. The summed E-state index contributed by atoms with van der Waals surface area (Å²) in [5.74, 6) is -1.30. The topological polar surface area (TPSA) is 69.7 Å². The van der Waals surface area contributed by atoms with Crippen molar-refractivity contribution in [2.75, 3.05) is 6.61 Å². The SMILES string of the molecule is CC(=O)O[C@@H]1CCC(=O)[C@H]2COC(=O)[C@@]21C. The normalized spacial score (nSPS) is 37.9. The average molecular weight is 226 g/mol. The van der Waals surface area contributed by atoms with Crippen LogP contribution < -0.4 is 0 Å². The number of Topliss-reactive ketones (excluding diaryl/α,β-unsaturated/α-hetero) is 1. The molecule has 16 heavy (non-hydrogen) atoms. The van der Waals surface area contributed by atoms with E-state index in [1.165, 1.54) is 6.92 Å². The Kier molecular flexibility index (Phi) is 2.48. The van der Waals surface area contributed by atoms with Crippen molar-refractivity contribution >= 4 is 17.7 Å². The molecule has 0 aromatic carbocycles. The molecule has 0 spiro atoms. The molecule has 88 valence electrons. The van der Waals surface area contributed by atoms with Crippen molar-refractivity contribution in [3.05, 3.63) is 0 Å². The van der Waals surface area contributed by atoms with Crippen LogP contribution in [0.4, 0.5) is 0 Å². The van der Waals surface area contributed by atoms with Crippen LogP contribution >= 0.6 is 0 Å². The molecule has 0 amide bonds. The zero-order valence-electron chi connectivity index (χ0n) is 9.32. The zero-order chi connectivity index (χ0) is 11.9. The minimum absolute atomic E-state index is 0.0248. The van der Waals surface area contributed by atoms with Crippen LogP contribution in [-0.2, 0) is 23.9 Å². The summed E-state index contributed by atoms with van der Waals surface area (Å²) >= 11 is 0. The summed E-state index contributed by atoms with van der Waals surface area (Å²) in [7, 11) is 0. The van der Waals surface area contributed by atoms with Gasteiger partial charge < -0.3 is 9.47 Å². The highest BCUT2D eigenvalue weighted by Crippen LogP contribution is 2.46. The maximum atomic E-state index is 11.7. The van der Waals surface area contributed by atoms with Gasteiger partial charge in [0, 0.05) is 13.3 Å². The van der Waals surface area contributed by atoms with Crippen LogP contribution in [0.1, 0.15) is 26.7 Å². The Bertz CT molecular complexity index is 361. The third-order valence-corrected chi connectivity index (χ3v) is 3.56. The van der Waals surface area contributed by atoms with Gasteiger partial charge in [-0.05, 0) is 13.3 Å². The fourth-order valence-electron chi connectivity index (χ4n) is 2.54. The fraction of sp³-hybridized carbons (Fsp3) is 0.727. The van der Waals surface area contributed by atoms with Crippen molar-refractivity contribution in [3.63, 3.8) is 0 Å². The minimum Gasteiger partial charge on any atom is -0.464 e. The number of cyclic esters (lactones) is 1. The van der Waals surface area contributed by atoms with Crippen LogP contribution in [0.2, 0.25) is 0 Å². The monoisotopic (exact) mass is 226 g/mol. The molecule has 0 bridgehead atoms. The molecule has 0 aromatic rings. The lowest BCUT2D eigenvalue weighted by molar-refractivity contribution is -0.169. The summed E-state index contributed by atoms with van der Waals surface area (Å²) in [6.07, 6.45) is 0.206. The van der Waals surface area contributed by atoms with Crippen LogP contribution in [0, 0.1) is 11.3 Å². The van der Waals surface area contributed by atoms with Crippen molar-refractivity contribution in [1.29, 1.82) is 0 Å². The third kappa shape index (κ3) is 1.42. The molecule has 2 rings (SSSR count). The van der Waals surface area contributed by atoms with Gasteiger partial charge in [0.2, 0.25) is 0 Å². The predicted octanol–water partition coefficient (Wildman–Crippen LogP) is 0.460. The molecule has 5 nitrogen and oxygen atoms in total. The molecule has 1 aliphatic heterocycles. The van der Waals surface area contributed by atoms with E-state index in [2.05, 4.69) is 0 Å². The molecule has 1 aliphatic carbocycles. The number of hydrogen-bond acceptors (Lipinski definition) is 5. The first-order chi connectivity index (χ1) is 7.46. The number of ketones is 1. The number of ether oxygens (including phenoxy) is 2. The number of fused-ring (bicyclic) bond motifs is 1. The summed E-state index contributed by atoms with van der Waals surface area (Å²) in [5, 5.41) is 0. The Hall–Kier alpha value is -1.39. The van der Waals surface area contributed by atoms with E-state index in [-0.39, 0.29) is 12.4 Å². The van der Waals surface area contributed by atoms with Gasteiger partial charge in [0.15, 0.2) is 0 Å². The van der Waals surface area contributed by atoms with E-state index in [0.29, 0.717) is 12.8 Å². The molecule has 1 heterocycles. The minimum atomic E-state index is -0.985. The van der Waals surface area contributed by atoms with Gasteiger partial charge in [0.25, 0.3) is 0 Å². The van der Waals surface area contributed by atoms with Gasteiger partial charge in [-0.25, -0.2) is 0 Å². The van der Waals surface area contributed by atoms with Gasteiger partial charge in [-0.15, -0.1) is 0 Å². The molecule has 0 radical (unpaired) electrons. The molecule has 5 heteroatoms. The Morgan fingerprint density at radius 3 is 2.81 bits per heavy atom. The quantitative estimate of drug-likeness (QED) is 0.607. The van der Waals surface area contributed by atoms with E-state index in [0.717, 1.165) is 0 Å². The van der Waals surface area contributed by atoms with Crippen LogP contribution in [0.25, 0.3) is 0 Å². The van der Waals surface area contributed by atoms with E-state index in [9.17, 15) is 14.4 Å². The van der Waals surface area contributed by atoms with Crippen molar-refractivity contribution < 1.29 is 23.9 Å². The van der Waals surface area contributed by atoms with Crippen molar-refractivity contribution in [1.82, 2.24) is 0 Å². The van der Waals surface area contributed by atoms with E-state index in [1.54, 1.807) is 6.92 Å². The van der Waals surface area contributed by atoms with Crippen molar-refractivity contribution in [3.8, 4) is 0 Å². The van der Waals surface area contributed by atoms with Gasteiger partial charge in [-0.2, -0.15) is 0 Å². The summed E-state index contributed by atoms with van der Waals surface area (Å²) in [4.78, 5) is 34.4. The van der Waals surface area contributed by atoms with E-state index >= 15 is 0 Å². The number of carbonyl (C=O) groups excluding carboxylic acids is 3. The Morgan fingerprint density at radius 2 is 2.19 bits per heavy atom. The lowest BCUT2D eigenvalue weighted by Gasteiger charge is -2.37. The maximum Gasteiger partial charge on any atom is 0.316 e. The van der Waals surface area contributed by atoms with Gasteiger partial charge in [0.05, 0.1) is 5.92 Å². The molecule has 3 atom stereocenters. The Balaban J connectivity index is 2.30. The lowest BCUT2D eigenvalue weighted by Crippen LogP contribution is -2.50. The third-order valence-electron chi connectivity index (χ3n) is 3.56. The number of carbonyl (C=O) groups is 3. The second-order valence-electron chi connectivity index (χ2n) is 4.54. The van der Waals surface area contributed by atoms with Gasteiger partial charge >= 0.3 is 11.9 Å². The van der Waals surface area contributed by atoms with Gasteiger partial charge in [-0.3, -0.25) is 14.4 Å². The molecule has 0 N–H and O–H groups in total. The van der Waals surface area contributed by atoms with E-state index < -0.39 is 29.4 Å². The molecule has 0 unspecified atom stereocenters. The first-order valence-electron chi connectivity index (χ1n) is 5.33. The second-order valence-corrected chi connectivity index (χ2v) is 4.54. The van der Waals surface area contributed by atoms with Crippen molar-refractivity contribution in [2.45, 2.75) is 32.8 Å². The Labute approximate surface area is 93.1 Å². The highest BCUT2D eigenvalue weighted by atomic mass is 16.6. The van der Waals surface area contributed by atoms with E-state index in [1.807, 2.05) is 0 Å². The number of hydrogen-bond donors (Lipinski definition) is 0. The van der Waals surface area contributed by atoms with E-state index in [4.69, 9.17) is 9.47 Å².